The van der Waals surface area contributed by atoms with E-state index in [4.69, 9.17) is 11.6 Å². The Morgan fingerprint density at radius 2 is 1.77 bits per heavy atom. The Labute approximate surface area is 153 Å². The molecule has 3 aromatic rings. The highest BCUT2D eigenvalue weighted by molar-refractivity contribution is 6.35. The maximum Gasteiger partial charge on any atom is 0.197 e. The highest BCUT2D eigenvalue weighted by Crippen LogP contribution is 2.28. The van der Waals surface area contributed by atoms with Gasteiger partial charge >= 0.3 is 0 Å². The lowest BCUT2D eigenvalue weighted by molar-refractivity contribution is 0.103. The van der Waals surface area contributed by atoms with E-state index in [0.29, 0.717) is 16.9 Å². The maximum absolute atomic E-state index is 13.9. The molecule has 3 nitrogen and oxygen atoms in total. The van der Waals surface area contributed by atoms with Crippen molar-refractivity contribution in [1.29, 1.82) is 0 Å². The molecule has 0 spiro atoms. The molecule has 3 rings (SSSR count). The number of phenolic OH excluding ortho intramolecular Hbond substituents is 1. The van der Waals surface area contributed by atoms with Gasteiger partial charge in [0, 0.05) is 16.9 Å². The predicted molar refractivity (Wildman–Crippen MR) is 97.4 cm³/mol. The normalized spacial score (nSPS) is 10.6. The van der Waals surface area contributed by atoms with Crippen molar-refractivity contribution in [1.82, 2.24) is 0 Å². The van der Waals surface area contributed by atoms with E-state index >= 15 is 0 Å². The van der Waals surface area contributed by atoms with E-state index in [9.17, 15) is 18.7 Å². The zero-order chi connectivity index (χ0) is 18.8. The second kappa shape index (κ2) is 7.14. The van der Waals surface area contributed by atoms with Gasteiger partial charge in [0.2, 0.25) is 0 Å². The lowest BCUT2D eigenvalue weighted by Crippen LogP contribution is -2.05. The van der Waals surface area contributed by atoms with Crippen LogP contribution in [0.2, 0.25) is 5.02 Å². The molecule has 0 radical (unpaired) electrons. The quantitative estimate of drug-likeness (QED) is 0.585. The highest BCUT2D eigenvalue weighted by Gasteiger charge is 2.18. The molecule has 0 aliphatic heterocycles. The van der Waals surface area contributed by atoms with E-state index in [-0.39, 0.29) is 27.7 Å². The SMILES string of the molecule is Cc1cc(F)ccc1Nc1ccc(C(=O)c2cc(O)ccc2F)c(Cl)c1. The van der Waals surface area contributed by atoms with E-state index in [0.717, 1.165) is 18.2 Å². The minimum atomic E-state index is -0.743. The van der Waals surface area contributed by atoms with Gasteiger partial charge in [-0.1, -0.05) is 11.6 Å². The minimum Gasteiger partial charge on any atom is -0.508 e. The summed E-state index contributed by atoms with van der Waals surface area (Å²) in [5, 5.41) is 12.7. The van der Waals surface area contributed by atoms with Crippen molar-refractivity contribution in [2.75, 3.05) is 5.32 Å². The van der Waals surface area contributed by atoms with Gasteiger partial charge in [0.05, 0.1) is 10.6 Å². The molecule has 6 heteroatoms. The summed E-state index contributed by atoms with van der Waals surface area (Å²) in [5.74, 6) is -1.92. The lowest BCUT2D eigenvalue weighted by atomic mass is 10.0. The summed E-state index contributed by atoms with van der Waals surface area (Å²) in [6.07, 6.45) is 0. The zero-order valence-corrected chi connectivity index (χ0v) is 14.4. The summed E-state index contributed by atoms with van der Waals surface area (Å²) in [4.78, 5) is 12.5. The average molecular weight is 374 g/mol. The van der Waals surface area contributed by atoms with Gasteiger partial charge in [0.25, 0.3) is 0 Å². The molecule has 0 bridgehead atoms. The number of aryl methyl sites for hydroxylation is 1. The summed E-state index contributed by atoms with van der Waals surface area (Å²) in [7, 11) is 0. The van der Waals surface area contributed by atoms with Crippen LogP contribution in [0, 0.1) is 18.6 Å². The zero-order valence-electron chi connectivity index (χ0n) is 13.7. The van der Waals surface area contributed by atoms with Crippen molar-refractivity contribution < 1.29 is 18.7 Å². The van der Waals surface area contributed by atoms with Crippen LogP contribution < -0.4 is 5.32 Å². The number of carbonyl (C=O) groups excluding carboxylic acids is 1. The van der Waals surface area contributed by atoms with Gasteiger partial charge in [0.1, 0.15) is 17.4 Å². The summed E-state index contributed by atoms with van der Waals surface area (Å²) in [5.41, 5.74) is 1.85. The molecule has 0 saturated heterocycles. The van der Waals surface area contributed by atoms with E-state index in [1.54, 1.807) is 19.1 Å². The van der Waals surface area contributed by atoms with Crippen molar-refractivity contribution in [3.05, 3.63) is 87.9 Å². The van der Waals surface area contributed by atoms with Crippen molar-refractivity contribution in [2.45, 2.75) is 6.92 Å². The summed E-state index contributed by atoms with van der Waals surface area (Å²) in [6.45, 7) is 1.76. The number of halogens is 3. The molecule has 0 fully saturated rings. The summed E-state index contributed by atoms with van der Waals surface area (Å²) >= 11 is 6.19. The van der Waals surface area contributed by atoms with E-state index < -0.39 is 11.6 Å². The number of rotatable bonds is 4. The minimum absolute atomic E-state index is 0.109. The Kier molecular flexibility index (Phi) is 4.91. The highest BCUT2D eigenvalue weighted by atomic mass is 35.5. The number of carbonyl (C=O) groups is 1. The maximum atomic E-state index is 13.9. The van der Waals surface area contributed by atoms with Crippen LogP contribution in [0.15, 0.2) is 54.6 Å². The Bertz CT molecular complexity index is 1010. The smallest absolute Gasteiger partial charge is 0.197 e. The number of hydrogen-bond donors (Lipinski definition) is 2. The summed E-state index contributed by atoms with van der Waals surface area (Å²) < 4.78 is 27.0. The first-order valence-corrected chi connectivity index (χ1v) is 8.09. The lowest BCUT2D eigenvalue weighted by Gasteiger charge is -2.12. The molecule has 0 aromatic heterocycles. The summed E-state index contributed by atoms with van der Waals surface area (Å²) in [6, 6.07) is 12.2. The van der Waals surface area contributed by atoms with Gasteiger partial charge in [-0.05, 0) is 67.1 Å². The average Bonchev–Trinajstić information content (AvgIpc) is 2.59. The third-order valence-electron chi connectivity index (χ3n) is 3.88. The molecular formula is C20H14ClF2NO2. The third-order valence-corrected chi connectivity index (χ3v) is 4.19. The Morgan fingerprint density at radius 1 is 1.00 bits per heavy atom. The van der Waals surface area contributed by atoms with E-state index in [2.05, 4.69) is 5.32 Å². The van der Waals surface area contributed by atoms with Gasteiger partial charge in [-0.15, -0.1) is 0 Å². The van der Waals surface area contributed by atoms with Crippen LogP contribution >= 0.6 is 11.6 Å². The van der Waals surface area contributed by atoms with E-state index in [1.165, 1.54) is 24.3 Å². The first-order valence-electron chi connectivity index (χ1n) is 7.71. The monoisotopic (exact) mass is 373 g/mol. The number of aromatic hydroxyl groups is 1. The second-order valence-corrected chi connectivity index (χ2v) is 6.18. The van der Waals surface area contributed by atoms with Crippen LogP contribution in [0.3, 0.4) is 0 Å². The number of benzene rings is 3. The van der Waals surface area contributed by atoms with Crippen LogP contribution in [-0.4, -0.2) is 10.9 Å². The van der Waals surface area contributed by atoms with E-state index in [1.807, 2.05) is 0 Å². The van der Waals surface area contributed by atoms with Crippen LogP contribution in [0.4, 0.5) is 20.2 Å². The molecular weight excluding hydrogens is 360 g/mol. The Hall–Kier alpha value is -2.92. The van der Waals surface area contributed by atoms with Crippen molar-refractivity contribution >= 4 is 28.8 Å². The topological polar surface area (TPSA) is 49.3 Å². The molecule has 3 aromatic carbocycles. The van der Waals surface area contributed by atoms with Crippen LogP contribution in [-0.2, 0) is 0 Å². The molecule has 26 heavy (non-hydrogen) atoms. The van der Waals surface area contributed by atoms with Crippen molar-refractivity contribution in [3.63, 3.8) is 0 Å². The van der Waals surface area contributed by atoms with Gasteiger partial charge in [0.15, 0.2) is 5.78 Å². The molecule has 0 atom stereocenters. The molecule has 0 heterocycles. The Morgan fingerprint density at radius 3 is 2.46 bits per heavy atom. The number of ketones is 1. The van der Waals surface area contributed by atoms with Crippen molar-refractivity contribution in [3.8, 4) is 5.75 Å². The predicted octanol–water partition coefficient (Wildman–Crippen LogP) is 5.61. The fraction of sp³-hybridized carbons (Fsp3) is 0.0500. The third kappa shape index (κ3) is 3.68. The first-order chi connectivity index (χ1) is 12.3. The number of hydrogen-bond acceptors (Lipinski definition) is 3. The first kappa shape index (κ1) is 17.9. The Balaban J connectivity index is 1.90. The molecule has 0 saturated carbocycles. The molecule has 0 unspecified atom stereocenters. The van der Waals surface area contributed by atoms with Gasteiger partial charge in [-0.25, -0.2) is 8.78 Å². The fourth-order valence-electron chi connectivity index (χ4n) is 2.53. The molecule has 0 amide bonds. The molecule has 0 aliphatic rings. The van der Waals surface area contributed by atoms with Gasteiger partial charge in [-0.3, -0.25) is 4.79 Å². The van der Waals surface area contributed by atoms with Gasteiger partial charge in [-0.2, -0.15) is 0 Å². The molecule has 0 aliphatic carbocycles. The fourth-order valence-corrected chi connectivity index (χ4v) is 2.80. The standard InChI is InChI=1S/C20H14ClF2NO2/c1-11-8-12(22)2-7-19(11)24-13-3-5-15(17(21)9-13)20(26)16-10-14(25)4-6-18(16)23/h2-10,24-25H,1H3. The van der Waals surface area contributed by atoms with Crippen LogP contribution in [0.5, 0.6) is 5.75 Å². The largest absolute Gasteiger partial charge is 0.508 e. The number of nitrogens with one attached hydrogen (secondary N) is 1. The second-order valence-electron chi connectivity index (χ2n) is 5.77. The van der Waals surface area contributed by atoms with Crippen LogP contribution in [0.25, 0.3) is 0 Å². The number of anilines is 2. The van der Waals surface area contributed by atoms with Crippen molar-refractivity contribution in [2.24, 2.45) is 0 Å². The molecule has 132 valence electrons. The molecule has 2 N–H and O–H groups in total. The van der Waals surface area contributed by atoms with Crippen LogP contribution in [0.1, 0.15) is 21.5 Å². The van der Waals surface area contributed by atoms with Gasteiger partial charge < -0.3 is 10.4 Å². The number of phenols is 1.